The van der Waals surface area contributed by atoms with Crippen molar-refractivity contribution in [3.05, 3.63) is 22.4 Å². The summed E-state index contributed by atoms with van der Waals surface area (Å²) < 4.78 is 0. The predicted molar refractivity (Wildman–Crippen MR) is 73.9 cm³/mol. The van der Waals surface area contributed by atoms with Crippen molar-refractivity contribution in [3.8, 4) is 0 Å². The lowest BCUT2D eigenvalue weighted by molar-refractivity contribution is -0.129. The summed E-state index contributed by atoms with van der Waals surface area (Å²) in [5.74, 6) is 0.0467. The number of thiophene rings is 1. The Morgan fingerprint density at radius 3 is 3.00 bits per heavy atom. The van der Waals surface area contributed by atoms with Crippen LogP contribution in [0.2, 0.25) is 0 Å². The molecule has 1 aliphatic carbocycles. The molecule has 0 unspecified atom stereocenters. The summed E-state index contributed by atoms with van der Waals surface area (Å²) in [6.07, 6.45) is 3.48. The molecule has 0 bridgehead atoms. The molecular weight excluding hydrogens is 260 g/mol. The van der Waals surface area contributed by atoms with Crippen molar-refractivity contribution in [2.24, 2.45) is 5.92 Å². The van der Waals surface area contributed by atoms with Crippen LogP contribution < -0.4 is 5.32 Å². The lowest BCUT2D eigenvalue weighted by atomic mass is 10.1. The number of hydrogen-bond donors (Lipinski definition) is 1. The number of carbonyl (C=O) groups excluding carboxylic acids is 2. The van der Waals surface area contributed by atoms with Crippen LogP contribution in [0.4, 0.5) is 0 Å². The van der Waals surface area contributed by atoms with Gasteiger partial charge in [-0.2, -0.15) is 0 Å². The van der Waals surface area contributed by atoms with E-state index in [0.29, 0.717) is 25.6 Å². The third-order valence-corrected chi connectivity index (χ3v) is 4.70. The van der Waals surface area contributed by atoms with Crippen LogP contribution >= 0.6 is 11.3 Å². The molecule has 102 valence electrons. The van der Waals surface area contributed by atoms with Crippen LogP contribution in [0.15, 0.2) is 17.5 Å². The summed E-state index contributed by atoms with van der Waals surface area (Å²) in [6, 6.07) is 4.52. The van der Waals surface area contributed by atoms with Crippen molar-refractivity contribution in [2.75, 3.05) is 13.1 Å². The van der Waals surface area contributed by atoms with Gasteiger partial charge in [0, 0.05) is 30.4 Å². The zero-order valence-electron chi connectivity index (χ0n) is 10.8. The zero-order valence-corrected chi connectivity index (χ0v) is 11.6. The van der Waals surface area contributed by atoms with Crippen molar-refractivity contribution in [3.63, 3.8) is 0 Å². The summed E-state index contributed by atoms with van der Waals surface area (Å²) in [6.45, 7) is 1.28. The van der Waals surface area contributed by atoms with Crippen LogP contribution in [-0.4, -0.2) is 35.8 Å². The first-order valence-electron chi connectivity index (χ1n) is 6.83. The van der Waals surface area contributed by atoms with Gasteiger partial charge in [0.1, 0.15) is 0 Å². The number of hydrogen-bond acceptors (Lipinski definition) is 3. The van der Waals surface area contributed by atoms with E-state index in [9.17, 15) is 9.59 Å². The highest BCUT2D eigenvalue weighted by molar-refractivity contribution is 7.09. The topological polar surface area (TPSA) is 49.4 Å². The maximum absolute atomic E-state index is 12.0. The van der Waals surface area contributed by atoms with Crippen molar-refractivity contribution < 1.29 is 9.59 Å². The molecule has 1 aliphatic heterocycles. The number of nitrogens with one attached hydrogen (secondary N) is 1. The summed E-state index contributed by atoms with van der Waals surface area (Å²) >= 11 is 1.71. The van der Waals surface area contributed by atoms with Gasteiger partial charge in [-0.1, -0.05) is 6.07 Å². The van der Waals surface area contributed by atoms with Gasteiger partial charge < -0.3 is 10.2 Å². The minimum atomic E-state index is -0.142. The molecule has 0 radical (unpaired) electrons. The molecule has 1 aromatic rings. The van der Waals surface area contributed by atoms with Crippen molar-refractivity contribution in [1.29, 1.82) is 0 Å². The van der Waals surface area contributed by atoms with E-state index in [4.69, 9.17) is 0 Å². The second kappa shape index (κ2) is 5.33. The first kappa shape index (κ1) is 12.7. The van der Waals surface area contributed by atoms with Crippen LogP contribution in [0.1, 0.15) is 24.1 Å². The van der Waals surface area contributed by atoms with E-state index in [2.05, 4.69) is 11.4 Å². The molecule has 2 heterocycles. The molecule has 3 rings (SSSR count). The van der Waals surface area contributed by atoms with E-state index in [0.717, 1.165) is 19.3 Å². The predicted octanol–water partition coefficient (Wildman–Crippen LogP) is 1.42. The smallest absolute Gasteiger partial charge is 0.225 e. The highest BCUT2D eigenvalue weighted by Crippen LogP contribution is 2.32. The largest absolute Gasteiger partial charge is 0.355 e. The Bertz CT molecular complexity index is 468. The van der Waals surface area contributed by atoms with Gasteiger partial charge in [-0.05, 0) is 30.7 Å². The van der Waals surface area contributed by atoms with Gasteiger partial charge in [-0.25, -0.2) is 0 Å². The van der Waals surface area contributed by atoms with Crippen LogP contribution in [0.5, 0.6) is 0 Å². The molecule has 1 N–H and O–H groups in total. The van der Waals surface area contributed by atoms with Gasteiger partial charge in [-0.15, -0.1) is 11.3 Å². The van der Waals surface area contributed by atoms with Crippen LogP contribution in [-0.2, 0) is 16.0 Å². The van der Waals surface area contributed by atoms with Crippen LogP contribution in [0.3, 0.4) is 0 Å². The molecule has 1 atom stereocenters. The number of amides is 2. The van der Waals surface area contributed by atoms with Crippen LogP contribution in [0, 0.1) is 5.92 Å². The number of rotatable bonds is 5. The fourth-order valence-electron chi connectivity index (χ4n) is 2.55. The van der Waals surface area contributed by atoms with E-state index in [1.165, 1.54) is 4.88 Å². The maximum atomic E-state index is 12.0. The van der Waals surface area contributed by atoms with E-state index in [-0.39, 0.29) is 17.7 Å². The van der Waals surface area contributed by atoms with E-state index >= 15 is 0 Å². The second-order valence-electron chi connectivity index (χ2n) is 5.30. The standard InChI is InChI=1S/C14H18N2O2S/c17-13-8-10(9-16(13)11-3-4-11)14(18)15-6-5-12-2-1-7-19-12/h1-2,7,10-11H,3-6,8-9H2,(H,15,18)/t10-/m1/s1. The Morgan fingerprint density at radius 1 is 1.47 bits per heavy atom. The summed E-state index contributed by atoms with van der Waals surface area (Å²) in [5, 5.41) is 4.99. The Hall–Kier alpha value is -1.36. The van der Waals surface area contributed by atoms with E-state index < -0.39 is 0 Å². The molecule has 2 amide bonds. The van der Waals surface area contributed by atoms with Gasteiger partial charge in [0.15, 0.2) is 0 Å². The Labute approximate surface area is 116 Å². The van der Waals surface area contributed by atoms with Gasteiger partial charge >= 0.3 is 0 Å². The molecule has 5 heteroatoms. The zero-order chi connectivity index (χ0) is 13.2. The van der Waals surface area contributed by atoms with E-state index in [1.807, 2.05) is 16.3 Å². The lowest BCUT2D eigenvalue weighted by Crippen LogP contribution is -2.34. The Morgan fingerprint density at radius 2 is 2.32 bits per heavy atom. The fraction of sp³-hybridized carbons (Fsp3) is 0.571. The minimum absolute atomic E-state index is 0.0352. The molecule has 2 fully saturated rings. The lowest BCUT2D eigenvalue weighted by Gasteiger charge is -2.15. The summed E-state index contributed by atoms with van der Waals surface area (Å²) in [5.41, 5.74) is 0. The normalized spacial score (nSPS) is 22.8. The highest BCUT2D eigenvalue weighted by Gasteiger charge is 2.41. The van der Waals surface area contributed by atoms with Crippen LogP contribution in [0.25, 0.3) is 0 Å². The number of likely N-dealkylation sites (tertiary alicyclic amines) is 1. The fourth-order valence-corrected chi connectivity index (χ4v) is 3.26. The molecule has 1 aromatic heterocycles. The molecule has 1 saturated heterocycles. The van der Waals surface area contributed by atoms with Gasteiger partial charge in [0.2, 0.25) is 11.8 Å². The SMILES string of the molecule is O=C(NCCc1cccs1)[C@@H]1CC(=O)N(C2CC2)C1. The third kappa shape index (κ3) is 2.97. The molecule has 2 aliphatic rings. The third-order valence-electron chi connectivity index (χ3n) is 3.77. The molecule has 0 aromatic carbocycles. The minimum Gasteiger partial charge on any atom is -0.355 e. The maximum Gasteiger partial charge on any atom is 0.225 e. The number of carbonyl (C=O) groups is 2. The quantitative estimate of drug-likeness (QED) is 0.885. The Balaban J connectivity index is 1.44. The number of nitrogens with zero attached hydrogens (tertiary/aromatic N) is 1. The Kier molecular flexibility index (Phi) is 3.55. The summed E-state index contributed by atoms with van der Waals surface area (Å²) in [4.78, 5) is 27.0. The summed E-state index contributed by atoms with van der Waals surface area (Å²) in [7, 11) is 0. The highest BCUT2D eigenvalue weighted by atomic mass is 32.1. The van der Waals surface area contributed by atoms with Crippen molar-refractivity contribution in [2.45, 2.75) is 31.7 Å². The molecule has 1 saturated carbocycles. The van der Waals surface area contributed by atoms with E-state index in [1.54, 1.807) is 11.3 Å². The average molecular weight is 278 g/mol. The first-order chi connectivity index (χ1) is 9.24. The second-order valence-corrected chi connectivity index (χ2v) is 6.33. The molecule has 4 nitrogen and oxygen atoms in total. The van der Waals surface area contributed by atoms with Crippen molar-refractivity contribution >= 4 is 23.2 Å². The molecule has 0 spiro atoms. The average Bonchev–Trinajstić information content (AvgIpc) is 2.96. The molecule has 19 heavy (non-hydrogen) atoms. The monoisotopic (exact) mass is 278 g/mol. The molecular formula is C14H18N2O2S. The van der Waals surface area contributed by atoms with Gasteiger partial charge in [0.05, 0.1) is 5.92 Å². The first-order valence-corrected chi connectivity index (χ1v) is 7.71. The van der Waals surface area contributed by atoms with Crippen molar-refractivity contribution in [1.82, 2.24) is 10.2 Å². The van der Waals surface area contributed by atoms with Gasteiger partial charge in [-0.3, -0.25) is 9.59 Å². The van der Waals surface area contributed by atoms with Gasteiger partial charge in [0.25, 0.3) is 0 Å².